The highest BCUT2D eigenvalue weighted by atomic mass is 35.5. The third-order valence-electron chi connectivity index (χ3n) is 5.09. The van der Waals surface area contributed by atoms with Gasteiger partial charge < -0.3 is 9.64 Å². The first kappa shape index (κ1) is 17.1. The van der Waals surface area contributed by atoms with Gasteiger partial charge in [-0.3, -0.25) is 4.79 Å². The topological polar surface area (TPSA) is 29.5 Å². The van der Waals surface area contributed by atoms with E-state index in [1.807, 2.05) is 30.3 Å². The molecule has 0 saturated carbocycles. The van der Waals surface area contributed by atoms with Crippen molar-refractivity contribution < 1.29 is 13.9 Å². The second-order valence-electron chi connectivity index (χ2n) is 6.71. The van der Waals surface area contributed by atoms with Crippen molar-refractivity contribution in [3.05, 3.63) is 70.1 Å². The molecule has 3 aliphatic heterocycles. The molecule has 5 rings (SSSR count). The molecule has 2 aromatic rings. The first-order valence-corrected chi connectivity index (χ1v) is 9.16. The summed E-state index contributed by atoms with van der Waals surface area (Å²) in [4.78, 5) is 14.6. The molecule has 26 heavy (non-hydrogen) atoms. The van der Waals surface area contributed by atoms with Gasteiger partial charge in [0.2, 0.25) is 0 Å². The molecule has 3 fully saturated rings. The molecule has 0 unspecified atom stereocenters. The Bertz CT molecular complexity index is 835. The van der Waals surface area contributed by atoms with Crippen LogP contribution in [0.4, 0.5) is 4.39 Å². The minimum Gasteiger partial charge on any atom is -0.489 e. The number of ether oxygens (including phenoxy) is 1. The maximum absolute atomic E-state index is 13.8. The largest absolute Gasteiger partial charge is 0.489 e. The second kappa shape index (κ2) is 7.12. The molecule has 2 aromatic carbocycles. The second-order valence-corrected chi connectivity index (χ2v) is 7.12. The Kier molecular flexibility index (Phi) is 4.68. The van der Waals surface area contributed by atoms with Crippen LogP contribution in [0.5, 0.6) is 5.75 Å². The quantitative estimate of drug-likeness (QED) is 0.730. The molecule has 0 N–H and O–H groups in total. The van der Waals surface area contributed by atoms with E-state index in [2.05, 4.69) is 4.90 Å². The first-order valence-electron chi connectivity index (χ1n) is 8.78. The number of carbonyl (C=O) groups is 1. The van der Waals surface area contributed by atoms with E-state index in [0.717, 1.165) is 37.2 Å². The van der Waals surface area contributed by atoms with Gasteiger partial charge >= 0.3 is 0 Å². The Balaban J connectivity index is 1.46. The minimum atomic E-state index is -0.376. The van der Waals surface area contributed by atoms with Gasteiger partial charge in [0, 0.05) is 24.6 Å². The van der Waals surface area contributed by atoms with Crippen LogP contribution < -0.4 is 4.74 Å². The molecule has 134 valence electrons. The molecule has 0 aliphatic carbocycles. The van der Waals surface area contributed by atoms with E-state index in [4.69, 9.17) is 16.3 Å². The summed E-state index contributed by atoms with van der Waals surface area (Å²) < 4.78 is 19.4. The summed E-state index contributed by atoms with van der Waals surface area (Å²) >= 11 is 6.01. The van der Waals surface area contributed by atoms with Crippen LogP contribution in [0, 0.1) is 11.7 Å². The standard InChI is InChI=1S/C21H19ClFNO2/c22-18-2-1-3-19(23)17(18)13-26-16-6-4-14(5-7-16)12-20-21(25)15-8-10-24(20)11-9-15/h1-7,12,15H,8-11,13H2/b20-12-. The fourth-order valence-electron chi connectivity index (χ4n) is 3.55. The van der Waals surface area contributed by atoms with Gasteiger partial charge in [-0.1, -0.05) is 29.8 Å². The Morgan fingerprint density at radius 3 is 2.54 bits per heavy atom. The third kappa shape index (κ3) is 3.34. The van der Waals surface area contributed by atoms with Crippen molar-refractivity contribution >= 4 is 23.5 Å². The van der Waals surface area contributed by atoms with Crippen LogP contribution >= 0.6 is 11.6 Å². The number of fused-ring (bicyclic) bond motifs is 3. The summed E-state index contributed by atoms with van der Waals surface area (Å²) in [5.74, 6) is 0.707. The van der Waals surface area contributed by atoms with E-state index >= 15 is 0 Å². The smallest absolute Gasteiger partial charge is 0.182 e. The van der Waals surface area contributed by atoms with Crippen molar-refractivity contribution in [2.24, 2.45) is 5.92 Å². The SMILES string of the molecule is O=C1/C(=C/c2ccc(OCc3c(F)cccc3Cl)cc2)N2CCC1CC2. The Hall–Kier alpha value is -2.33. The Labute approximate surface area is 157 Å². The van der Waals surface area contributed by atoms with E-state index in [0.29, 0.717) is 16.3 Å². The summed E-state index contributed by atoms with van der Waals surface area (Å²) in [5, 5.41) is 0.353. The zero-order chi connectivity index (χ0) is 18.1. The van der Waals surface area contributed by atoms with Gasteiger partial charge in [0.25, 0.3) is 0 Å². The Morgan fingerprint density at radius 2 is 1.88 bits per heavy atom. The molecule has 5 heteroatoms. The number of piperidine rings is 3. The predicted molar refractivity (Wildman–Crippen MR) is 99.5 cm³/mol. The molecular weight excluding hydrogens is 353 g/mol. The van der Waals surface area contributed by atoms with Gasteiger partial charge in [-0.25, -0.2) is 4.39 Å². The highest BCUT2D eigenvalue weighted by Crippen LogP contribution is 2.32. The van der Waals surface area contributed by atoms with E-state index in [1.54, 1.807) is 12.1 Å². The van der Waals surface area contributed by atoms with Crippen LogP contribution in [0.25, 0.3) is 6.08 Å². The number of halogens is 2. The lowest BCUT2D eigenvalue weighted by atomic mass is 9.84. The number of rotatable bonds is 4. The average molecular weight is 372 g/mol. The van der Waals surface area contributed by atoms with Gasteiger partial charge in [0.15, 0.2) is 5.78 Å². The van der Waals surface area contributed by atoms with Crippen molar-refractivity contribution in [2.75, 3.05) is 13.1 Å². The lowest BCUT2D eigenvalue weighted by molar-refractivity contribution is -0.125. The molecule has 0 aromatic heterocycles. The van der Waals surface area contributed by atoms with Crippen molar-refractivity contribution in [2.45, 2.75) is 19.4 Å². The molecule has 3 aliphatic rings. The highest BCUT2D eigenvalue weighted by Gasteiger charge is 2.36. The number of allylic oxidation sites excluding steroid dienone is 1. The molecule has 3 nitrogen and oxygen atoms in total. The lowest BCUT2D eigenvalue weighted by Crippen LogP contribution is -2.45. The third-order valence-corrected chi connectivity index (χ3v) is 5.44. The van der Waals surface area contributed by atoms with Crippen LogP contribution in [0.2, 0.25) is 5.02 Å². The number of ketones is 1. The number of hydrogen-bond acceptors (Lipinski definition) is 3. The predicted octanol–water partition coefficient (Wildman–Crippen LogP) is 4.69. The van der Waals surface area contributed by atoms with Crippen LogP contribution in [0.1, 0.15) is 24.0 Å². The zero-order valence-electron chi connectivity index (χ0n) is 14.3. The van der Waals surface area contributed by atoms with Crippen LogP contribution in [0.15, 0.2) is 48.2 Å². The van der Waals surface area contributed by atoms with Crippen LogP contribution in [-0.2, 0) is 11.4 Å². The number of benzene rings is 2. The Morgan fingerprint density at radius 1 is 1.15 bits per heavy atom. The van der Waals surface area contributed by atoms with Crippen molar-refractivity contribution in [1.82, 2.24) is 4.90 Å². The van der Waals surface area contributed by atoms with Gasteiger partial charge in [0.1, 0.15) is 18.2 Å². The van der Waals surface area contributed by atoms with E-state index < -0.39 is 0 Å². The minimum absolute atomic E-state index is 0.0693. The fraction of sp³-hybridized carbons (Fsp3) is 0.286. The van der Waals surface area contributed by atoms with Crippen molar-refractivity contribution in [3.63, 3.8) is 0 Å². The maximum Gasteiger partial charge on any atom is 0.182 e. The maximum atomic E-state index is 13.8. The van der Waals surface area contributed by atoms with Crippen molar-refractivity contribution in [3.8, 4) is 5.75 Å². The summed E-state index contributed by atoms with van der Waals surface area (Å²) in [6.45, 7) is 2.00. The van der Waals surface area contributed by atoms with Gasteiger partial charge in [-0.2, -0.15) is 0 Å². The molecule has 2 bridgehead atoms. The summed E-state index contributed by atoms with van der Waals surface area (Å²) in [6.07, 6.45) is 3.90. The normalized spacial score (nSPS) is 18.6. The summed E-state index contributed by atoms with van der Waals surface area (Å²) in [6, 6.07) is 12.0. The number of nitrogens with zero attached hydrogens (tertiary/aromatic N) is 1. The van der Waals surface area contributed by atoms with E-state index in [1.165, 1.54) is 6.07 Å². The van der Waals surface area contributed by atoms with E-state index in [9.17, 15) is 9.18 Å². The highest BCUT2D eigenvalue weighted by molar-refractivity contribution is 6.31. The molecule has 0 amide bonds. The molecule has 3 heterocycles. The summed E-state index contributed by atoms with van der Waals surface area (Å²) in [5.41, 5.74) is 2.12. The van der Waals surface area contributed by atoms with Gasteiger partial charge in [-0.15, -0.1) is 0 Å². The molecule has 0 radical (unpaired) electrons. The van der Waals surface area contributed by atoms with Crippen molar-refractivity contribution in [1.29, 1.82) is 0 Å². The van der Waals surface area contributed by atoms with Crippen LogP contribution in [0.3, 0.4) is 0 Å². The van der Waals surface area contributed by atoms with Crippen LogP contribution in [-0.4, -0.2) is 23.8 Å². The fourth-order valence-corrected chi connectivity index (χ4v) is 3.77. The lowest BCUT2D eigenvalue weighted by Gasteiger charge is -2.41. The van der Waals surface area contributed by atoms with E-state index in [-0.39, 0.29) is 24.1 Å². The molecule has 0 spiro atoms. The van der Waals surface area contributed by atoms with Gasteiger partial charge in [-0.05, 0) is 48.7 Å². The molecular formula is C21H19ClFNO2. The summed E-state index contributed by atoms with van der Waals surface area (Å²) in [7, 11) is 0. The zero-order valence-corrected chi connectivity index (χ0v) is 15.0. The first-order chi connectivity index (χ1) is 12.6. The number of Topliss-reactive ketones (excluding diaryl/α,β-unsaturated/α-hetero) is 1. The monoisotopic (exact) mass is 371 g/mol. The number of carbonyl (C=O) groups excluding carboxylic acids is 1. The number of hydrogen-bond donors (Lipinski definition) is 0. The van der Waals surface area contributed by atoms with Gasteiger partial charge in [0.05, 0.1) is 10.7 Å². The molecule has 3 saturated heterocycles. The average Bonchev–Trinajstić information content (AvgIpc) is 2.66. The molecule has 0 atom stereocenters.